The average molecular weight is 399 g/mol. The van der Waals surface area contributed by atoms with Crippen LogP contribution in [0.4, 0.5) is 11.4 Å². The number of rotatable bonds is 3. The van der Waals surface area contributed by atoms with Gasteiger partial charge in [-0.05, 0) is 61.5 Å². The van der Waals surface area contributed by atoms with Gasteiger partial charge in [0.15, 0.2) is 0 Å². The summed E-state index contributed by atoms with van der Waals surface area (Å²) in [4.78, 5) is 29.1. The van der Waals surface area contributed by atoms with E-state index in [0.717, 1.165) is 15.5 Å². The van der Waals surface area contributed by atoms with Crippen LogP contribution in [0.15, 0.2) is 76.5 Å². The lowest BCUT2D eigenvalue weighted by Gasteiger charge is -2.21. The Balaban J connectivity index is 1.66. The number of fused-ring (bicyclic) bond motifs is 2. The fourth-order valence-electron chi connectivity index (χ4n) is 3.22. The second kappa shape index (κ2) is 7.82. The van der Waals surface area contributed by atoms with Crippen LogP contribution in [0.2, 0.25) is 0 Å². The van der Waals surface area contributed by atoms with E-state index in [4.69, 9.17) is 5.26 Å². The van der Waals surface area contributed by atoms with E-state index in [-0.39, 0.29) is 11.8 Å². The standard InChI is InChI=1S/C23H17N3O2S/c1-2-26-19-12-11-17(25-22(27)16-9-7-15(14-24)8-10-16)13-21(19)29-20-6-4-3-5-18(20)23(26)28/h3-13H,2H2,1H3,(H,25,27). The number of nitrogens with zero attached hydrogens (tertiary/aromatic N) is 2. The van der Waals surface area contributed by atoms with Crippen LogP contribution in [0.5, 0.6) is 0 Å². The molecule has 3 aromatic rings. The molecule has 1 aliphatic rings. The zero-order chi connectivity index (χ0) is 20.4. The van der Waals surface area contributed by atoms with Gasteiger partial charge in [0.1, 0.15) is 0 Å². The third-order valence-electron chi connectivity index (χ3n) is 4.68. The van der Waals surface area contributed by atoms with Gasteiger partial charge in [-0.2, -0.15) is 5.26 Å². The predicted octanol–water partition coefficient (Wildman–Crippen LogP) is 4.94. The van der Waals surface area contributed by atoms with Crippen molar-refractivity contribution in [2.45, 2.75) is 16.7 Å². The van der Waals surface area contributed by atoms with Gasteiger partial charge in [0.2, 0.25) is 0 Å². The van der Waals surface area contributed by atoms with Crippen molar-refractivity contribution in [1.29, 1.82) is 5.26 Å². The maximum Gasteiger partial charge on any atom is 0.259 e. The number of benzene rings is 3. The fourth-order valence-corrected chi connectivity index (χ4v) is 4.33. The van der Waals surface area contributed by atoms with Gasteiger partial charge in [-0.25, -0.2) is 0 Å². The molecule has 6 heteroatoms. The fraction of sp³-hybridized carbons (Fsp3) is 0.0870. The minimum absolute atomic E-state index is 0.0243. The van der Waals surface area contributed by atoms with Crippen LogP contribution in [-0.4, -0.2) is 18.4 Å². The molecule has 0 fully saturated rings. The van der Waals surface area contributed by atoms with E-state index in [2.05, 4.69) is 5.32 Å². The Morgan fingerprint density at radius 3 is 2.55 bits per heavy atom. The molecule has 0 atom stereocenters. The van der Waals surface area contributed by atoms with Crippen LogP contribution < -0.4 is 10.2 Å². The molecule has 5 nitrogen and oxygen atoms in total. The molecule has 29 heavy (non-hydrogen) atoms. The summed E-state index contributed by atoms with van der Waals surface area (Å²) in [5, 5.41) is 11.8. The Hall–Kier alpha value is -3.56. The van der Waals surface area contributed by atoms with E-state index in [1.165, 1.54) is 11.8 Å². The van der Waals surface area contributed by atoms with Crippen molar-refractivity contribution in [3.63, 3.8) is 0 Å². The lowest BCUT2D eigenvalue weighted by molar-refractivity contribution is 0.0983. The highest BCUT2D eigenvalue weighted by Crippen LogP contribution is 2.42. The molecule has 0 radical (unpaired) electrons. The topological polar surface area (TPSA) is 73.2 Å². The first-order chi connectivity index (χ1) is 14.1. The highest BCUT2D eigenvalue weighted by atomic mass is 32.2. The van der Waals surface area contributed by atoms with E-state index in [0.29, 0.717) is 28.9 Å². The number of nitriles is 1. The summed E-state index contributed by atoms with van der Waals surface area (Å²) in [6.45, 7) is 2.50. The summed E-state index contributed by atoms with van der Waals surface area (Å²) in [7, 11) is 0. The van der Waals surface area contributed by atoms with Crippen molar-refractivity contribution in [3.05, 3.63) is 83.4 Å². The van der Waals surface area contributed by atoms with Crippen molar-refractivity contribution in [1.82, 2.24) is 0 Å². The number of hydrogen-bond donors (Lipinski definition) is 1. The van der Waals surface area contributed by atoms with Gasteiger partial charge in [-0.3, -0.25) is 9.59 Å². The predicted molar refractivity (Wildman–Crippen MR) is 113 cm³/mol. The molecule has 0 saturated carbocycles. The van der Waals surface area contributed by atoms with E-state index in [1.54, 1.807) is 35.2 Å². The van der Waals surface area contributed by atoms with Crippen LogP contribution in [0.25, 0.3) is 0 Å². The number of carbonyl (C=O) groups is 2. The van der Waals surface area contributed by atoms with Crippen molar-refractivity contribution in [3.8, 4) is 6.07 Å². The normalized spacial score (nSPS) is 12.4. The number of nitrogens with one attached hydrogen (secondary N) is 1. The SMILES string of the molecule is CCN1C(=O)c2ccccc2Sc2cc(NC(=O)c3ccc(C#N)cc3)ccc21. The second-order valence-corrected chi connectivity index (χ2v) is 7.56. The molecule has 0 aliphatic carbocycles. The van der Waals surface area contributed by atoms with Gasteiger partial charge in [0.05, 0.1) is 22.9 Å². The second-order valence-electron chi connectivity index (χ2n) is 6.47. The van der Waals surface area contributed by atoms with Crippen molar-refractivity contribution < 1.29 is 9.59 Å². The first-order valence-corrected chi connectivity index (χ1v) is 9.96. The minimum atomic E-state index is -0.253. The maximum absolute atomic E-state index is 13.0. The lowest BCUT2D eigenvalue weighted by atomic mass is 10.1. The number of hydrogen-bond acceptors (Lipinski definition) is 4. The zero-order valence-electron chi connectivity index (χ0n) is 15.7. The monoisotopic (exact) mass is 399 g/mol. The van der Waals surface area contributed by atoms with Gasteiger partial charge in [-0.1, -0.05) is 23.9 Å². The molecule has 1 aliphatic heterocycles. The Morgan fingerprint density at radius 2 is 1.83 bits per heavy atom. The van der Waals surface area contributed by atoms with Gasteiger partial charge in [-0.15, -0.1) is 0 Å². The van der Waals surface area contributed by atoms with E-state index >= 15 is 0 Å². The maximum atomic E-state index is 13.0. The summed E-state index contributed by atoms with van der Waals surface area (Å²) in [6.07, 6.45) is 0. The molecule has 1 N–H and O–H groups in total. The summed E-state index contributed by atoms with van der Waals surface area (Å²) in [5.41, 5.74) is 3.13. The molecule has 2 amide bonds. The van der Waals surface area contributed by atoms with E-state index in [1.807, 2.05) is 49.4 Å². The van der Waals surface area contributed by atoms with Crippen LogP contribution in [-0.2, 0) is 0 Å². The minimum Gasteiger partial charge on any atom is -0.322 e. The summed E-state index contributed by atoms with van der Waals surface area (Å²) >= 11 is 1.52. The van der Waals surface area contributed by atoms with Crippen molar-refractivity contribution in [2.24, 2.45) is 0 Å². The molecule has 1 heterocycles. The molecule has 3 aromatic carbocycles. The Bertz CT molecular complexity index is 1150. The third-order valence-corrected chi connectivity index (χ3v) is 5.81. The molecule has 0 spiro atoms. The van der Waals surface area contributed by atoms with Crippen LogP contribution in [0, 0.1) is 11.3 Å². The quantitative estimate of drug-likeness (QED) is 0.677. The Labute approximate surface area is 173 Å². The van der Waals surface area contributed by atoms with Crippen molar-refractivity contribution >= 4 is 35.0 Å². The van der Waals surface area contributed by atoms with Gasteiger partial charge in [0.25, 0.3) is 11.8 Å². The first kappa shape index (κ1) is 18.8. The van der Waals surface area contributed by atoms with Gasteiger partial charge >= 0.3 is 0 Å². The van der Waals surface area contributed by atoms with E-state index in [9.17, 15) is 9.59 Å². The Kier molecular flexibility index (Phi) is 5.07. The summed E-state index contributed by atoms with van der Waals surface area (Å²) < 4.78 is 0. The molecule has 0 aromatic heterocycles. The molecule has 142 valence electrons. The molecule has 4 rings (SSSR count). The molecule has 0 saturated heterocycles. The summed E-state index contributed by atoms with van der Waals surface area (Å²) in [6, 6.07) is 21.6. The third kappa shape index (κ3) is 3.60. The number of amides is 2. The number of carbonyl (C=O) groups excluding carboxylic acids is 2. The number of anilines is 2. The van der Waals surface area contributed by atoms with E-state index < -0.39 is 0 Å². The molecule has 0 bridgehead atoms. The molecule has 0 unspecified atom stereocenters. The van der Waals surface area contributed by atoms with Gasteiger partial charge in [0, 0.05) is 27.6 Å². The zero-order valence-corrected chi connectivity index (χ0v) is 16.5. The van der Waals surface area contributed by atoms with Crippen LogP contribution in [0.3, 0.4) is 0 Å². The molecular formula is C23H17N3O2S. The average Bonchev–Trinajstić information content (AvgIpc) is 2.87. The van der Waals surface area contributed by atoms with Crippen LogP contribution in [0.1, 0.15) is 33.2 Å². The van der Waals surface area contributed by atoms with Crippen LogP contribution >= 0.6 is 11.8 Å². The van der Waals surface area contributed by atoms with Crippen molar-refractivity contribution in [2.75, 3.05) is 16.8 Å². The highest BCUT2D eigenvalue weighted by molar-refractivity contribution is 7.99. The highest BCUT2D eigenvalue weighted by Gasteiger charge is 2.26. The Morgan fingerprint density at radius 1 is 1.07 bits per heavy atom. The largest absolute Gasteiger partial charge is 0.322 e. The van der Waals surface area contributed by atoms with Gasteiger partial charge < -0.3 is 10.2 Å². The first-order valence-electron chi connectivity index (χ1n) is 9.15. The lowest BCUT2D eigenvalue weighted by Crippen LogP contribution is -2.30. The molecular weight excluding hydrogens is 382 g/mol. The smallest absolute Gasteiger partial charge is 0.259 e. The summed E-state index contributed by atoms with van der Waals surface area (Å²) in [5.74, 6) is -0.277.